The van der Waals surface area contributed by atoms with Crippen LogP contribution in [0.4, 0.5) is 8.78 Å². The maximum atomic E-state index is 13.6. The number of alkyl halides is 2. The molecule has 0 spiro atoms. The van der Waals surface area contributed by atoms with Gasteiger partial charge in [-0.1, -0.05) is 26.7 Å². The van der Waals surface area contributed by atoms with E-state index in [-0.39, 0.29) is 16.5 Å². The zero-order valence-electron chi connectivity index (χ0n) is 10.1. The Bertz CT molecular complexity index is 262. The third-order valence-electron chi connectivity index (χ3n) is 2.92. The van der Waals surface area contributed by atoms with Crippen LogP contribution in [0.25, 0.3) is 0 Å². The molecule has 94 valence electrons. The molecule has 0 aliphatic heterocycles. The SMILES string of the molecule is CCC(C)CCCC(F)(F)/C(C)=C(\Br)C=N. The van der Waals surface area contributed by atoms with Crippen molar-refractivity contribution in [1.29, 1.82) is 5.41 Å². The zero-order valence-corrected chi connectivity index (χ0v) is 11.7. The van der Waals surface area contributed by atoms with Crippen LogP contribution in [0.5, 0.6) is 0 Å². The van der Waals surface area contributed by atoms with Crippen LogP contribution in [-0.2, 0) is 0 Å². The largest absolute Gasteiger partial charge is 0.308 e. The third-order valence-corrected chi connectivity index (χ3v) is 3.74. The zero-order chi connectivity index (χ0) is 12.8. The van der Waals surface area contributed by atoms with E-state index in [1.807, 2.05) is 0 Å². The fraction of sp³-hybridized carbons (Fsp3) is 0.750. The standard InChI is InChI=1S/C12H20BrF2N/c1-4-9(2)6-5-7-12(14,15)10(3)11(13)8-16/h8-9,16H,4-7H2,1-3H3/b11-10-,16-8?. The van der Waals surface area contributed by atoms with Gasteiger partial charge >= 0.3 is 0 Å². The lowest BCUT2D eigenvalue weighted by molar-refractivity contribution is 0.0287. The van der Waals surface area contributed by atoms with Gasteiger partial charge in [0.15, 0.2) is 0 Å². The maximum absolute atomic E-state index is 13.6. The molecule has 0 radical (unpaired) electrons. The number of allylic oxidation sites excluding steroid dienone is 2. The summed E-state index contributed by atoms with van der Waals surface area (Å²) >= 11 is 2.97. The molecular weight excluding hydrogens is 276 g/mol. The average molecular weight is 296 g/mol. The summed E-state index contributed by atoms with van der Waals surface area (Å²) in [5.74, 6) is -2.30. The molecule has 0 aliphatic rings. The van der Waals surface area contributed by atoms with E-state index in [1.165, 1.54) is 6.92 Å². The van der Waals surface area contributed by atoms with Crippen molar-refractivity contribution in [2.75, 3.05) is 0 Å². The van der Waals surface area contributed by atoms with Gasteiger partial charge in [0.25, 0.3) is 5.92 Å². The van der Waals surface area contributed by atoms with Crippen molar-refractivity contribution in [1.82, 2.24) is 0 Å². The minimum absolute atomic E-state index is 0.0494. The van der Waals surface area contributed by atoms with E-state index in [2.05, 4.69) is 29.8 Å². The topological polar surface area (TPSA) is 23.9 Å². The van der Waals surface area contributed by atoms with Crippen molar-refractivity contribution in [2.45, 2.75) is 52.4 Å². The van der Waals surface area contributed by atoms with E-state index in [9.17, 15) is 8.78 Å². The predicted octanol–water partition coefficient (Wildman–Crippen LogP) is 5.16. The Hall–Kier alpha value is -0.250. The Kier molecular flexibility index (Phi) is 7.04. The molecule has 0 aromatic heterocycles. The molecule has 1 nitrogen and oxygen atoms in total. The second kappa shape index (κ2) is 7.15. The van der Waals surface area contributed by atoms with Crippen molar-refractivity contribution in [3.05, 3.63) is 10.1 Å². The van der Waals surface area contributed by atoms with Gasteiger partial charge < -0.3 is 5.41 Å². The van der Waals surface area contributed by atoms with Gasteiger partial charge in [-0.2, -0.15) is 0 Å². The summed E-state index contributed by atoms with van der Waals surface area (Å²) in [5.41, 5.74) is -0.0494. The van der Waals surface area contributed by atoms with Crippen LogP contribution >= 0.6 is 15.9 Å². The van der Waals surface area contributed by atoms with Gasteiger partial charge in [0.05, 0.1) is 0 Å². The summed E-state index contributed by atoms with van der Waals surface area (Å²) in [4.78, 5) is 0. The van der Waals surface area contributed by atoms with Crippen LogP contribution in [0, 0.1) is 11.3 Å². The number of halogens is 3. The predicted molar refractivity (Wildman–Crippen MR) is 68.7 cm³/mol. The summed E-state index contributed by atoms with van der Waals surface area (Å²) in [6, 6.07) is 0. The quantitative estimate of drug-likeness (QED) is 0.628. The van der Waals surface area contributed by atoms with Crippen LogP contribution in [0.3, 0.4) is 0 Å². The monoisotopic (exact) mass is 295 g/mol. The Morgan fingerprint density at radius 3 is 2.50 bits per heavy atom. The Morgan fingerprint density at radius 2 is 2.06 bits per heavy atom. The molecule has 0 heterocycles. The molecule has 1 unspecified atom stereocenters. The fourth-order valence-corrected chi connectivity index (χ4v) is 1.64. The van der Waals surface area contributed by atoms with Gasteiger partial charge in [-0.15, -0.1) is 0 Å². The van der Waals surface area contributed by atoms with Gasteiger partial charge in [-0.05, 0) is 35.2 Å². The number of hydrogen-bond acceptors (Lipinski definition) is 1. The highest BCUT2D eigenvalue weighted by Crippen LogP contribution is 2.33. The molecule has 0 amide bonds. The molecule has 0 aromatic rings. The fourth-order valence-electron chi connectivity index (χ4n) is 1.35. The van der Waals surface area contributed by atoms with E-state index in [0.717, 1.165) is 19.1 Å². The van der Waals surface area contributed by atoms with Crippen LogP contribution in [0.1, 0.15) is 46.5 Å². The van der Waals surface area contributed by atoms with Crippen LogP contribution < -0.4 is 0 Å². The van der Waals surface area contributed by atoms with Gasteiger partial charge in [0, 0.05) is 22.7 Å². The van der Waals surface area contributed by atoms with Gasteiger partial charge in [0.2, 0.25) is 0 Å². The third kappa shape index (κ3) is 5.19. The lowest BCUT2D eigenvalue weighted by atomic mass is 9.97. The highest BCUT2D eigenvalue weighted by molar-refractivity contribution is 9.12. The lowest BCUT2D eigenvalue weighted by Crippen LogP contribution is -2.19. The van der Waals surface area contributed by atoms with Crippen molar-refractivity contribution in [2.24, 2.45) is 5.92 Å². The number of hydrogen-bond donors (Lipinski definition) is 1. The minimum atomic E-state index is -2.80. The molecule has 16 heavy (non-hydrogen) atoms. The van der Waals surface area contributed by atoms with E-state index in [1.54, 1.807) is 0 Å². The smallest absolute Gasteiger partial charge is 0.270 e. The highest BCUT2D eigenvalue weighted by Gasteiger charge is 2.32. The molecule has 1 N–H and O–H groups in total. The molecule has 0 saturated carbocycles. The first-order valence-electron chi connectivity index (χ1n) is 5.60. The van der Waals surface area contributed by atoms with Gasteiger partial charge in [-0.3, -0.25) is 0 Å². The maximum Gasteiger partial charge on any atom is 0.270 e. The Labute approximate surface area is 105 Å². The van der Waals surface area contributed by atoms with E-state index >= 15 is 0 Å². The summed E-state index contributed by atoms with van der Waals surface area (Å²) in [5, 5.41) is 6.93. The van der Waals surface area contributed by atoms with E-state index < -0.39 is 5.92 Å². The van der Waals surface area contributed by atoms with Gasteiger partial charge in [0.1, 0.15) is 0 Å². The first-order chi connectivity index (χ1) is 7.35. The molecule has 0 aromatic carbocycles. The molecule has 0 fully saturated rings. The Morgan fingerprint density at radius 1 is 1.50 bits per heavy atom. The van der Waals surface area contributed by atoms with Crippen LogP contribution in [0.15, 0.2) is 10.1 Å². The first-order valence-corrected chi connectivity index (χ1v) is 6.39. The second-order valence-corrected chi connectivity index (χ2v) is 5.08. The number of nitrogens with one attached hydrogen (secondary N) is 1. The molecular formula is C12H20BrF2N. The molecule has 0 rings (SSSR count). The molecule has 1 atom stereocenters. The molecule has 0 bridgehead atoms. The summed E-state index contributed by atoms with van der Waals surface area (Å²) in [6.45, 7) is 5.52. The van der Waals surface area contributed by atoms with Crippen LogP contribution in [0.2, 0.25) is 0 Å². The first kappa shape index (κ1) is 15.8. The normalized spacial score (nSPS) is 15.6. The average Bonchev–Trinajstić information content (AvgIpc) is 2.26. The summed E-state index contributed by atoms with van der Waals surface area (Å²) in [7, 11) is 0. The lowest BCUT2D eigenvalue weighted by Gasteiger charge is -2.18. The summed E-state index contributed by atoms with van der Waals surface area (Å²) in [6.07, 6.45) is 3.17. The number of rotatable bonds is 7. The molecule has 4 heteroatoms. The highest BCUT2D eigenvalue weighted by atomic mass is 79.9. The van der Waals surface area contributed by atoms with E-state index in [0.29, 0.717) is 12.3 Å². The van der Waals surface area contributed by atoms with Crippen molar-refractivity contribution >= 4 is 22.1 Å². The molecule has 0 aliphatic carbocycles. The second-order valence-electron chi connectivity index (χ2n) is 4.23. The Balaban J connectivity index is 4.30. The van der Waals surface area contributed by atoms with E-state index in [4.69, 9.17) is 5.41 Å². The minimum Gasteiger partial charge on any atom is -0.308 e. The molecule has 0 saturated heterocycles. The summed E-state index contributed by atoms with van der Waals surface area (Å²) < 4.78 is 27.4. The van der Waals surface area contributed by atoms with Crippen molar-refractivity contribution in [3.63, 3.8) is 0 Å². The van der Waals surface area contributed by atoms with Crippen molar-refractivity contribution in [3.8, 4) is 0 Å². The van der Waals surface area contributed by atoms with Gasteiger partial charge in [-0.25, -0.2) is 8.78 Å². The van der Waals surface area contributed by atoms with Crippen LogP contribution in [-0.4, -0.2) is 12.1 Å². The van der Waals surface area contributed by atoms with Crippen molar-refractivity contribution < 1.29 is 8.78 Å².